The van der Waals surface area contributed by atoms with Crippen LogP contribution in [0.4, 0.5) is 0 Å². The van der Waals surface area contributed by atoms with E-state index in [0.717, 1.165) is 82.8 Å². The van der Waals surface area contributed by atoms with E-state index in [9.17, 15) is 4.79 Å². The summed E-state index contributed by atoms with van der Waals surface area (Å²) in [4.78, 5) is 15.7. The van der Waals surface area contributed by atoms with Crippen molar-refractivity contribution in [2.24, 2.45) is 0 Å². The maximum Gasteiger partial charge on any atom is 0.251 e. The van der Waals surface area contributed by atoms with E-state index in [1.54, 1.807) is 6.08 Å². The van der Waals surface area contributed by atoms with E-state index in [-0.39, 0.29) is 5.56 Å². The molecule has 0 atom stereocenters. The highest BCUT2D eigenvalue weighted by molar-refractivity contribution is 6.10. The molecular formula is C49H42N2O2. The molecule has 3 heterocycles. The molecular weight excluding hydrogens is 649 g/mol. The predicted molar refractivity (Wildman–Crippen MR) is 228 cm³/mol. The molecule has 260 valence electrons. The fourth-order valence-electron chi connectivity index (χ4n) is 7.40. The molecule has 0 amide bonds. The Morgan fingerprint density at radius 1 is 0.755 bits per heavy atom. The molecule has 0 unspecified atom stereocenters. The number of aromatic nitrogens is 2. The highest BCUT2D eigenvalue weighted by Gasteiger charge is 2.16. The Balaban J connectivity index is 0.000000181. The summed E-state index contributed by atoms with van der Waals surface area (Å²) >= 11 is 0. The average Bonchev–Trinajstić information content (AvgIpc) is 3.70. The Bertz CT molecular complexity index is 2960. The molecule has 0 fully saturated rings. The Hall–Kier alpha value is -6.65. The number of hydrogen-bond acceptors (Lipinski definition) is 2. The maximum atomic E-state index is 12.7. The van der Waals surface area contributed by atoms with Crippen molar-refractivity contribution in [2.75, 3.05) is 0 Å². The van der Waals surface area contributed by atoms with Crippen LogP contribution in [0.3, 0.4) is 0 Å². The second-order valence-corrected chi connectivity index (χ2v) is 13.2. The van der Waals surface area contributed by atoms with E-state index in [2.05, 4.69) is 123 Å². The van der Waals surface area contributed by atoms with Crippen LogP contribution in [-0.4, -0.2) is 9.55 Å². The highest BCUT2D eigenvalue weighted by atomic mass is 16.3. The third-order valence-corrected chi connectivity index (χ3v) is 9.90. The first-order valence-corrected chi connectivity index (χ1v) is 17.8. The fraction of sp³-hybridized carbons (Fsp3) is 0.0816. The van der Waals surface area contributed by atoms with Crippen LogP contribution in [0.5, 0.6) is 0 Å². The van der Waals surface area contributed by atoms with Gasteiger partial charge in [0.25, 0.3) is 5.56 Å². The highest BCUT2D eigenvalue weighted by Crippen LogP contribution is 2.38. The van der Waals surface area contributed by atoms with Crippen molar-refractivity contribution in [2.45, 2.75) is 27.7 Å². The van der Waals surface area contributed by atoms with Crippen molar-refractivity contribution in [1.82, 2.24) is 9.55 Å². The topological polar surface area (TPSA) is 50.9 Å². The zero-order valence-electron chi connectivity index (χ0n) is 30.7. The molecule has 0 aliphatic rings. The van der Waals surface area contributed by atoms with E-state index >= 15 is 0 Å². The molecule has 5 aromatic carbocycles. The zero-order valence-corrected chi connectivity index (χ0v) is 30.7. The number of nitrogens with zero attached hydrogens (tertiary/aromatic N) is 1. The number of para-hydroxylation sites is 2. The summed E-state index contributed by atoms with van der Waals surface area (Å²) in [7, 11) is 0. The Morgan fingerprint density at radius 3 is 2.26 bits per heavy atom. The van der Waals surface area contributed by atoms with Gasteiger partial charge >= 0.3 is 0 Å². The fourth-order valence-corrected chi connectivity index (χ4v) is 7.40. The molecule has 8 aromatic rings. The van der Waals surface area contributed by atoms with Crippen LogP contribution in [0.15, 0.2) is 156 Å². The number of rotatable bonds is 6. The van der Waals surface area contributed by atoms with Crippen molar-refractivity contribution >= 4 is 61.6 Å². The van der Waals surface area contributed by atoms with E-state index < -0.39 is 0 Å². The summed E-state index contributed by atoms with van der Waals surface area (Å²) in [5.74, 6) is 0. The van der Waals surface area contributed by atoms with Gasteiger partial charge in [0.2, 0.25) is 0 Å². The van der Waals surface area contributed by atoms with E-state index in [1.165, 1.54) is 16.2 Å². The lowest BCUT2D eigenvalue weighted by molar-refractivity contribution is 0.670. The number of H-pyrrole nitrogens is 1. The number of benzene rings is 5. The van der Waals surface area contributed by atoms with Gasteiger partial charge in [-0.15, -0.1) is 0 Å². The monoisotopic (exact) mass is 690 g/mol. The average molecular weight is 691 g/mol. The minimum absolute atomic E-state index is 0.0529. The first kappa shape index (κ1) is 34.8. The first-order chi connectivity index (χ1) is 25.8. The number of furan rings is 1. The number of pyridine rings is 1. The molecule has 4 nitrogen and oxygen atoms in total. The summed E-state index contributed by atoms with van der Waals surface area (Å²) in [6.45, 7) is 19.7. The van der Waals surface area contributed by atoms with E-state index in [4.69, 9.17) is 4.42 Å². The molecule has 0 saturated carbocycles. The summed E-state index contributed by atoms with van der Waals surface area (Å²) in [6, 6.07) is 35.3. The van der Waals surface area contributed by atoms with Gasteiger partial charge in [-0.1, -0.05) is 116 Å². The van der Waals surface area contributed by atoms with Gasteiger partial charge in [0.05, 0.1) is 10.9 Å². The van der Waals surface area contributed by atoms with Gasteiger partial charge in [0.1, 0.15) is 11.2 Å². The third-order valence-electron chi connectivity index (χ3n) is 9.90. The summed E-state index contributed by atoms with van der Waals surface area (Å²) in [5, 5.41) is 6.82. The van der Waals surface area contributed by atoms with E-state index in [1.807, 2.05) is 67.6 Å². The van der Waals surface area contributed by atoms with Crippen LogP contribution in [0.2, 0.25) is 0 Å². The van der Waals surface area contributed by atoms with Crippen LogP contribution < -0.4 is 16.1 Å². The van der Waals surface area contributed by atoms with Gasteiger partial charge in [-0.25, -0.2) is 0 Å². The van der Waals surface area contributed by atoms with Crippen LogP contribution >= 0.6 is 0 Å². The molecule has 0 radical (unpaired) electrons. The Morgan fingerprint density at radius 2 is 1.51 bits per heavy atom. The van der Waals surface area contributed by atoms with Crippen molar-refractivity contribution in [3.8, 4) is 22.3 Å². The number of aromatic amines is 1. The van der Waals surface area contributed by atoms with Crippen molar-refractivity contribution in [3.63, 3.8) is 0 Å². The quantitative estimate of drug-likeness (QED) is 0.177. The van der Waals surface area contributed by atoms with Gasteiger partial charge in [-0.05, 0) is 98.5 Å². The van der Waals surface area contributed by atoms with Crippen molar-refractivity contribution in [3.05, 3.63) is 185 Å². The number of aryl methyl sites for hydroxylation is 2. The molecule has 0 bridgehead atoms. The number of nitrogens with one attached hydrogen (secondary N) is 1. The van der Waals surface area contributed by atoms with Gasteiger partial charge in [-0.2, -0.15) is 0 Å². The lowest BCUT2D eigenvalue weighted by atomic mass is 9.92. The normalized spacial score (nSPS) is 12.4. The van der Waals surface area contributed by atoms with Gasteiger partial charge in [0.15, 0.2) is 0 Å². The van der Waals surface area contributed by atoms with Crippen LogP contribution in [0.1, 0.15) is 23.6 Å². The van der Waals surface area contributed by atoms with Crippen LogP contribution in [-0.2, 0) is 0 Å². The number of allylic oxidation sites excluding steroid dienone is 5. The molecule has 1 N–H and O–H groups in total. The van der Waals surface area contributed by atoms with Gasteiger partial charge < -0.3 is 14.0 Å². The Kier molecular flexibility index (Phi) is 9.54. The molecule has 0 saturated heterocycles. The first-order valence-electron chi connectivity index (χ1n) is 17.8. The molecule has 53 heavy (non-hydrogen) atoms. The lowest BCUT2D eigenvalue weighted by Gasteiger charge is -2.14. The second kappa shape index (κ2) is 14.5. The largest absolute Gasteiger partial charge is 0.455 e. The van der Waals surface area contributed by atoms with Crippen molar-refractivity contribution in [1.29, 1.82) is 0 Å². The SMILES string of the molecule is C=C/C=C(\C=C)n1c(=C/C=C)/c(=C\C)c2cc(C)ccc21.Cc1ccccc1-c1c(C)c(=O)[nH]c2ccc(-c3cccc4c3oc3ccccc34)cc12. The number of fused-ring (bicyclic) bond motifs is 5. The molecule has 0 aliphatic carbocycles. The number of hydrogen-bond donors (Lipinski definition) is 1. The summed E-state index contributed by atoms with van der Waals surface area (Å²) in [6.07, 6.45) is 11.6. The molecule has 0 aliphatic heterocycles. The minimum Gasteiger partial charge on any atom is -0.455 e. The zero-order chi connectivity index (χ0) is 37.2. The Labute approximate surface area is 309 Å². The molecule has 0 spiro atoms. The smallest absolute Gasteiger partial charge is 0.251 e. The maximum absolute atomic E-state index is 12.7. The third kappa shape index (κ3) is 6.19. The second-order valence-electron chi connectivity index (χ2n) is 13.2. The van der Waals surface area contributed by atoms with E-state index in [0.29, 0.717) is 0 Å². The van der Waals surface area contributed by atoms with Crippen LogP contribution in [0.25, 0.3) is 83.8 Å². The van der Waals surface area contributed by atoms with Gasteiger partial charge in [0, 0.05) is 49.1 Å². The van der Waals surface area contributed by atoms with Crippen LogP contribution in [0, 0.1) is 20.8 Å². The minimum atomic E-state index is -0.0529. The lowest BCUT2D eigenvalue weighted by Crippen LogP contribution is -2.28. The molecule has 4 heteroatoms. The molecule has 3 aromatic heterocycles. The van der Waals surface area contributed by atoms with Gasteiger partial charge in [-0.3, -0.25) is 4.79 Å². The standard InChI is InChI=1S/C29H21NO2.C20H21N/c1-17-8-3-4-9-20(17)27-18(2)29(31)30-25-15-14-19(16-24(25)27)21-11-7-12-23-22-10-5-6-13-26(22)32-28(21)23;1-6-10-16(8-3)21-19(11-7-2)17(9-4)18-14-15(5)12-13-20(18)21/h3-16H,1-2H3,(H,30,31);6-14H,1-3H2,4-5H3/b;16-10+,17-9-,19-11+. The van der Waals surface area contributed by atoms with Crippen molar-refractivity contribution < 1.29 is 4.42 Å². The summed E-state index contributed by atoms with van der Waals surface area (Å²) in [5.41, 5.74) is 12.0. The summed E-state index contributed by atoms with van der Waals surface area (Å²) < 4.78 is 8.46. The predicted octanol–water partition coefficient (Wildman–Crippen LogP) is 11.3. The molecule has 8 rings (SSSR count).